The van der Waals surface area contributed by atoms with Gasteiger partial charge in [-0.05, 0) is 93.4 Å². The number of benzene rings is 11. The van der Waals surface area contributed by atoms with Crippen molar-refractivity contribution in [1.29, 1.82) is 0 Å². The molecule has 0 saturated carbocycles. The molecular weight excluding hydrogens is 825 g/mol. The summed E-state index contributed by atoms with van der Waals surface area (Å²) in [6.45, 7) is 0. The summed E-state index contributed by atoms with van der Waals surface area (Å²) in [5, 5.41) is 6.96. The first-order valence-corrected chi connectivity index (χ1v) is 23.4. The van der Waals surface area contributed by atoms with Crippen molar-refractivity contribution < 1.29 is 4.42 Å². The van der Waals surface area contributed by atoms with Crippen LogP contribution in [0.5, 0.6) is 0 Å². The maximum atomic E-state index is 7.05. The van der Waals surface area contributed by atoms with Gasteiger partial charge in [-0.15, -0.1) is 0 Å². The molecule has 11 aromatic carbocycles. The van der Waals surface area contributed by atoms with E-state index in [2.05, 4.69) is 264 Å². The maximum absolute atomic E-state index is 7.05. The Morgan fingerprint density at radius 2 is 0.897 bits per heavy atom. The van der Waals surface area contributed by atoms with E-state index < -0.39 is 5.41 Å². The minimum Gasteiger partial charge on any atom is -0.455 e. The largest absolute Gasteiger partial charge is 0.455 e. The summed E-state index contributed by atoms with van der Waals surface area (Å²) < 4.78 is 9.46. The summed E-state index contributed by atoms with van der Waals surface area (Å²) in [4.78, 5) is 2.47. The van der Waals surface area contributed by atoms with Gasteiger partial charge in [0.05, 0.1) is 22.1 Å². The Balaban J connectivity index is 1.05. The lowest BCUT2D eigenvalue weighted by atomic mass is 9.67. The van der Waals surface area contributed by atoms with Crippen LogP contribution in [0.4, 0.5) is 17.1 Å². The van der Waals surface area contributed by atoms with E-state index in [-0.39, 0.29) is 0 Å². The fraction of sp³-hybridized carbons (Fsp3) is 0.0154. The predicted molar refractivity (Wildman–Crippen MR) is 283 cm³/mol. The van der Waals surface area contributed by atoms with Crippen LogP contribution in [0.2, 0.25) is 0 Å². The van der Waals surface area contributed by atoms with Crippen LogP contribution in [0.15, 0.2) is 259 Å². The fourth-order valence-corrected chi connectivity index (χ4v) is 11.6. The Bertz CT molecular complexity index is 4010. The number of aromatic nitrogens is 1. The third-order valence-corrected chi connectivity index (χ3v) is 14.5. The van der Waals surface area contributed by atoms with Crippen molar-refractivity contribution >= 4 is 71.6 Å². The van der Waals surface area contributed by atoms with Crippen molar-refractivity contribution in [1.82, 2.24) is 4.57 Å². The molecule has 0 unspecified atom stereocenters. The van der Waals surface area contributed by atoms with E-state index >= 15 is 0 Å². The zero-order valence-corrected chi connectivity index (χ0v) is 37.1. The molecule has 318 valence electrons. The summed E-state index contributed by atoms with van der Waals surface area (Å²) in [6.07, 6.45) is 0. The van der Waals surface area contributed by atoms with Crippen LogP contribution in [0, 0.1) is 0 Å². The minimum absolute atomic E-state index is 0.566. The van der Waals surface area contributed by atoms with E-state index in [4.69, 9.17) is 4.42 Å². The first-order chi connectivity index (χ1) is 33.8. The van der Waals surface area contributed by atoms with Gasteiger partial charge in [0.25, 0.3) is 0 Å². The van der Waals surface area contributed by atoms with Gasteiger partial charge >= 0.3 is 0 Å². The van der Waals surface area contributed by atoms with Gasteiger partial charge in [0.1, 0.15) is 11.2 Å². The number of hydrogen-bond donors (Lipinski definition) is 0. The summed E-state index contributed by atoms with van der Waals surface area (Å²) >= 11 is 0. The Hall–Kier alpha value is -8.92. The molecule has 2 aromatic heterocycles. The molecule has 14 rings (SSSR count). The molecule has 3 nitrogen and oxygen atoms in total. The van der Waals surface area contributed by atoms with Crippen molar-refractivity contribution in [3.05, 3.63) is 277 Å². The van der Waals surface area contributed by atoms with Crippen molar-refractivity contribution in [2.45, 2.75) is 5.41 Å². The van der Waals surface area contributed by atoms with Crippen molar-refractivity contribution in [3.8, 4) is 27.9 Å². The van der Waals surface area contributed by atoms with Gasteiger partial charge in [-0.2, -0.15) is 0 Å². The van der Waals surface area contributed by atoms with E-state index in [1.165, 1.54) is 55.2 Å². The Labute approximate surface area is 394 Å². The standard InChI is InChI=1S/C65H42N2O/c1-3-20-44(21-4-1)65(45-22-5-2-6-23-45)58-33-13-9-27-50(58)51-40-38-48(42-59(51)65)66(46-24-17-25-47(41-46)67-61-35-15-10-28-52(61)53-29-11-16-36-62(53)67)60-34-14-12-30-54(60)55-31-18-32-56-57-39-37-43-19-7-8-26-49(43)63(57)68-64(55)56/h1-42H. The number of para-hydroxylation sites is 4. The van der Waals surface area contributed by atoms with Gasteiger partial charge in [-0.1, -0.05) is 200 Å². The molecule has 0 atom stereocenters. The van der Waals surface area contributed by atoms with Crippen LogP contribution in [0.3, 0.4) is 0 Å². The second kappa shape index (κ2) is 15.1. The molecule has 2 heterocycles. The molecule has 0 spiro atoms. The number of furan rings is 1. The Kier molecular flexibility index (Phi) is 8.50. The smallest absolute Gasteiger partial charge is 0.143 e. The molecule has 3 heteroatoms. The summed E-state index contributed by atoms with van der Waals surface area (Å²) in [7, 11) is 0. The lowest BCUT2D eigenvalue weighted by molar-refractivity contribution is 0.674. The topological polar surface area (TPSA) is 21.3 Å². The number of hydrogen-bond acceptors (Lipinski definition) is 2. The molecule has 1 aliphatic carbocycles. The highest BCUT2D eigenvalue weighted by Gasteiger charge is 2.46. The van der Waals surface area contributed by atoms with Crippen molar-refractivity contribution in [2.75, 3.05) is 4.90 Å². The molecule has 0 aliphatic heterocycles. The first kappa shape index (κ1) is 38.4. The van der Waals surface area contributed by atoms with Crippen LogP contribution in [-0.4, -0.2) is 4.57 Å². The van der Waals surface area contributed by atoms with Crippen LogP contribution in [0.1, 0.15) is 22.3 Å². The average molecular weight is 867 g/mol. The molecule has 0 saturated heterocycles. The zero-order valence-electron chi connectivity index (χ0n) is 37.1. The van der Waals surface area contributed by atoms with Crippen molar-refractivity contribution in [2.24, 2.45) is 0 Å². The molecular formula is C65H42N2O. The molecule has 0 N–H and O–H groups in total. The monoisotopic (exact) mass is 866 g/mol. The number of fused-ring (bicyclic) bond motifs is 11. The van der Waals surface area contributed by atoms with E-state index in [0.717, 1.165) is 66.6 Å². The summed E-state index contributed by atoms with van der Waals surface area (Å²) in [6, 6.07) is 93.1. The van der Waals surface area contributed by atoms with Gasteiger partial charge in [-0.3, -0.25) is 0 Å². The third kappa shape index (κ3) is 5.54. The number of rotatable bonds is 7. The van der Waals surface area contributed by atoms with Gasteiger partial charge in [0.15, 0.2) is 0 Å². The SMILES string of the molecule is c1ccc(C2(c3ccccc3)c3ccccc3-c3ccc(N(c4cccc(-n5c6ccccc6c6ccccc65)c4)c4ccccc4-c4cccc5c4oc4c6ccccc6ccc54)cc32)cc1. The Morgan fingerprint density at radius 3 is 1.66 bits per heavy atom. The molecule has 1 aliphatic rings. The molecule has 68 heavy (non-hydrogen) atoms. The molecule has 0 amide bonds. The number of nitrogens with zero attached hydrogens (tertiary/aromatic N) is 2. The highest BCUT2D eigenvalue weighted by molar-refractivity contribution is 6.18. The lowest BCUT2D eigenvalue weighted by Crippen LogP contribution is -2.28. The van der Waals surface area contributed by atoms with Crippen LogP contribution in [-0.2, 0) is 5.41 Å². The van der Waals surface area contributed by atoms with Gasteiger partial charge in [-0.25, -0.2) is 0 Å². The third-order valence-electron chi connectivity index (χ3n) is 14.5. The average Bonchev–Trinajstić information content (AvgIpc) is 4.06. The Morgan fingerprint density at radius 1 is 0.338 bits per heavy atom. The molecule has 0 bridgehead atoms. The van der Waals surface area contributed by atoms with Gasteiger partial charge < -0.3 is 13.9 Å². The first-order valence-electron chi connectivity index (χ1n) is 23.4. The molecule has 13 aromatic rings. The van der Waals surface area contributed by atoms with Crippen LogP contribution >= 0.6 is 0 Å². The quantitative estimate of drug-likeness (QED) is 0.159. The highest BCUT2D eigenvalue weighted by Crippen LogP contribution is 2.57. The van der Waals surface area contributed by atoms with Gasteiger partial charge in [0, 0.05) is 55.1 Å². The van der Waals surface area contributed by atoms with Crippen LogP contribution < -0.4 is 4.90 Å². The van der Waals surface area contributed by atoms with Crippen LogP contribution in [0.25, 0.3) is 82.5 Å². The van der Waals surface area contributed by atoms with E-state index in [1.807, 2.05) is 0 Å². The molecule has 0 radical (unpaired) electrons. The van der Waals surface area contributed by atoms with E-state index in [0.29, 0.717) is 0 Å². The van der Waals surface area contributed by atoms with E-state index in [1.54, 1.807) is 0 Å². The maximum Gasteiger partial charge on any atom is 0.143 e. The number of anilines is 3. The predicted octanol–water partition coefficient (Wildman–Crippen LogP) is 17.3. The van der Waals surface area contributed by atoms with Crippen molar-refractivity contribution in [3.63, 3.8) is 0 Å². The highest BCUT2D eigenvalue weighted by atomic mass is 16.3. The normalized spacial score (nSPS) is 12.8. The second-order valence-corrected chi connectivity index (χ2v) is 17.9. The minimum atomic E-state index is -0.566. The van der Waals surface area contributed by atoms with Gasteiger partial charge in [0.2, 0.25) is 0 Å². The summed E-state index contributed by atoms with van der Waals surface area (Å²) in [5.41, 5.74) is 17.4. The summed E-state index contributed by atoms with van der Waals surface area (Å²) in [5.74, 6) is 0. The van der Waals surface area contributed by atoms with E-state index in [9.17, 15) is 0 Å². The fourth-order valence-electron chi connectivity index (χ4n) is 11.6. The lowest BCUT2D eigenvalue weighted by Gasteiger charge is -2.35. The zero-order chi connectivity index (χ0) is 44.8. The molecule has 0 fully saturated rings. The second-order valence-electron chi connectivity index (χ2n) is 17.9.